The van der Waals surface area contributed by atoms with Crippen LogP contribution in [0.5, 0.6) is 0 Å². The Labute approximate surface area is 134 Å². The summed E-state index contributed by atoms with van der Waals surface area (Å²) in [6.07, 6.45) is 0.574. The van der Waals surface area contributed by atoms with E-state index in [1.807, 2.05) is 22.7 Å². The topological polar surface area (TPSA) is 49.9 Å². The van der Waals surface area contributed by atoms with E-state index in [-0.39, 0.29) is 18.5 Å². The zero-order valence-corrected chi connectivity index (χ0v) is 13.3. The van der Waals surface area contributed by atoms with Crippen molar-refractivity contribution >= 4 is 23.8 Å². The SMILES string of the molecule is O=C(CN1CCOC1=O)N1CCS[C@H](c2ccccc2)CC1. The highest BCUT2D eigenvalue weighted by molar-refractivity contribution is 7.99. The average Bonchev–Trinajstić information content (AvgIpc) is 2.80. The Bertz CT molecular complexity index is 537. The molecule has 0 aromatic heterocycles. The molecule has 2 heterocycles. The van der Waals surface area contributed by atoms with Gasteiger partial charge in [-0.2, -0.15) is 11.8 Å². The summed E-state index contributed by atoms with van der Waals surface area (Å²) >= 11 is 1.90. The molecule has 2 aliphatic rings. The van der Waals surface area contributed by atoms with Crippen molar-refractivity contribution in [3.8, 4) is 0 Å². The molecule has 0 aliphatic carbocycles. The van der Waals surface area contributed by atoms with E-state index in [0.717, 1.165) is 25.3 Å². The molecule has 5 nitrogen and oxygen atoms in total. The molecule has 0 unspecified atom stereocenters. The van der Waals surface area contributed by atoms with Gasteiger partial charge in [-0.05, 0) is 12.0 Å². The average molecular weight is 320 g/mol. The highest BCUT2D eigenvalue weighted by Crippen LogP contribution is 2.34. The van der Waals surface area contributed by atoms with Crippen molar-refractivity contribution in [3.63, 3.8) is 0 Å². The van der Waals surface area contributed by atoms with Crippen LogP contribution in [0, 0.1) is 0 Å². The number of amides is 2. The zero-order valence-electron chi connectivity index (χ0n) is 12.4. The van der Waals surface area contributed by atoms with Crippen LogP contribution < -0.4 is 0 Å². The van der Waals surface area contributed by atoms with E-state index >= 15 is 0 Å². The van der Waals surface area contributed by atoms with Crippen LogP contribution >= 0.6 is 11.8 Å². The van der Waals surface area contributed by atoms with Crippen molar-refractivity contribution in [2.24, 2.45) is 0 Å². The van der Waals surface area contributed by atoms with E-state index in [0.29, 0.717) is 18.4 Å². The summed E-state index contributed by atoms with van der Waals surface area (Å²) in [6, 6.07) is 10.4. The Morgan fingerprint density at radius 3 is 2.77 bits per heavy atom. The molecule has 22 heavy (non-hydrogen) atoms. The minimum absolute atomic E-state index is 0.0214. The third kappa shape index (κ3) is 3.55. The van der Waals surface area contributed by atoms with E-state index in [1.165, 1.54) is 10.5 Å². The van der Waals surface area contributed by atoms with Crippen LogP contribution in [0.1, 0.15) is 17.2 Å². The number of benzene rings is 1. The first-order chi connectivity index (χ1) is 10.7. The van der Waals surface area contributed by atoms with Crippen LogP contribution in [0.25, 0.3) is 0 Å². The van der Waals surface area contributed by atoms with Crippen LogP contribution in [0.2, 0.25) is 0 Å². The first-order valence-electron chi connectivity index (χ1n) is 7.60. The number of carbonyl (C=O) groups is 2. The number of carbonyl (C=O) groups excluding carboxylic acids is 2. The molecular formula is C16H20N2O3S. The number of rotatable bonds is 3. The molecule has 2 saturated heterocycles. The first kappa shape index (κ1) is 15.2. The predicted octanol–water partition coefficient (Wildman–Crippen LogP) is 2.15. The summed E-state index contributed by atoms with van der Waals surface area (Å²) < 4.78 is 4.87. The van der Waals surface area contributed by atoms with Crippen LogP contribution in [-0.4, -0.2) is 60.3 Å². The normalized spacial score (nSPS) is 22.4. The fourth-order valence-corrected chi connectivity index (χ4v) is 4.02. The predicted molar refractivity (Wildman–Crippen MR) is 85.8 cm³/mol. The molecule has 3 rings (SSSR count). The van der Waals surface area contributed by atoms with Gasteiger partial charge >= 0.3 is 6.09 Å². The monoisotopic (exact) mass is 320 g/mol. The fourth-order valence-electron chi connectivity index (χ4n) is 2.79. The van der Waals surface area contributed by atoms with Crippen molar-refractivity contribution < 1.29 is 14.3 Å². The molecule has 2 fully saturated rings. The summed E-state index contributed by atoms with van der Waals surface area (Å²) in [5.74, 6) is 0.948. The van der Waals surface area contributed by atoms with E-state index in [1.54, 1.807) is 0 Å². The summed E-state index contributed by atoms with van der Waals surface area (Å²) in [5, 5.41) is 0.441. The number of hydrogen-bond donors (Lipinski definition) is 0. The Balaban J connectivity index is 1.56. The number of cyclic esters (lactones) is 1. The first-order valence-corrected chi connectivity index (χ1v) is 8.65. The molecule has 118 valence electrons. The number of nitrogens with zero attached hydrogens (tertiary/aromatic N) is 2. The molecule has 0 bridgehead atoms. The molecule has 0 radical (unpaired) electrons. The quantitative estimate of drug-likeness (QED) is 0.856. The second-order valence-corrected chi connectivity index (χ2v) is 6.79. The molecule has 0 spiro atoms. The van der Waals surface area contributed by atoms with Gasteiger partial charge in [0, 0.05) is 24.1 Å². The van der Waals surface area contributed by atoms with E-state index in [2.05, 4.69) is 24.3 Å². The van der Waals surface area contributed by atoms with E-state index < -0.39 is 0 Å². The molecule has 1 aromatic carbocycles. The maximum Gasteiger partial charge on any atom is 0.410 e. The van der Waals surface area contributed by atoms with Gasteiger partial charge in [0.25, 0.3) is 0 Å². The third-order valence-corrected chi connectivity index (χ3v) is 5.37. The summed E-state index contributed by atoms with van der Waals surface area (Å²) in [5.41, 5.74) is 1.32. The Morgan fingerprint density at radius 2 is 2.05 bits per heavy atom. The van der Waals surface area contributed by atoms with E-state index in [4.69, 9.17) is 4.74 Å². The Morgan fingerprint density at radius 1 is 1.23 bits per heavy atom. The van der Waals surface area contributed by atoms with Crippen molar-refractivity contribution in [3.05, 3.63) is 35.9 Å². The lowest BCUT2D eigenvalue weighted by molar-refractivity contribution is -0.131. The van der Waals surface area contributed by atoms with Gasteiger partial charge in [-0.25, -0.2) is 4.79 Å². The van der Waals surface area contributed by atoms with Crippen LogP contribution in [-0.2, 0) is 9.53 Å². The summed E-state index contributed by atoms with van der Waals surface area (Å²) in [6.45, 7) is 2.53. The van der Waals surface area contributed by atoms with Crippen molar-refractivity contribution in [2.45, 2.75) is 11.7 Å². The van der Waals surface area contributed by atoms with Gasteiger partial charge < -0.3 is 9.64 Å². The molecule has 1 aromatic rings. The second-order valence-electron chi connectivity index (χ2n) is 5.48. The van der Waals surface area contributed by atoms with Gasteiger partial charge in [0.05, 0.1) is 6.54 Å². The van der Waals surface area contributed by atoms with Crippen LogP contribution in [0.15, 0.2) is 30.3 Å². The molecule has 0 N–H and O–H groups in total. The maximum atomic E-state index is 12.4. The van der Waals surface area contributed by atoms with Crippen molar-refractivity contribution in [1.29, 1.82) is 0 Å². The number of hydrogen-bond acceptors (Lipinski definition) is 4. The molecule has 1 atom stereocenters. The lowest BCUT2D eigenvalue weighted by Gasteiger charge is -2.22. The van der Waals surface area contributed by atoms with Gasteiger partial charge in [-0.3, -0.25) is 9.69 Å². The standard InChI is InChI=1S/C16H20N2O3S/c19-15(12-18-8-10-21-16(18)20)17-7-6-14(22-11-9-17)13-4-2-1-3-5-13/h1-5,14H,6-12H2/t14-/m0/s1. The molecule has 2 amide bonds. The molecule has 2 aliphatic heterocycles. The summed E-state index contributed by atoms with van der Waals surface area (Å²) in [4.78, 5) is 27.1. The van der Waals surface area contributed by atoms with Crippen molar-refractivity contribution in [1.82, 2.24) is 9.80 Å². The summed E-state index contributed by atoms with van der Waals surface area (Å²) in [7, 11) is 0. The maximum absolute atomic E-state index is 12.4. The largest absolute Gasteiger partial charge is 0.448 e. The Kier molecular flexibility index (Phi) is 4.87. The molecule has 6 heteroatoms. The lowest BCUT2D eigenvalue weighted by Crippen LogP contribution is -2.41. The number of ether oxygens (including phenoxy) is 1. The minimum atomic E-state index is -0.375. The van der Waals surface area contributed by atoms with Gasteiger partial charge in [0.15, 0.2) is 0 Å². The van der Waals surface area contributed by atoms with Crippen LogP contribution in [0.3, 0.4) is 0 Å². The van der Waals surface area contributed by atoms with Crippen LogP contribution in [0.4, 0.5) is 4.79 Å². The second kappa shape index (κ2) is 7.05. The molecular weight excluding hydrogens is 300 g/mol. The van der Waals surface area contributed by atoms with E-state index in [9.17, 15) is 9.59 Å². The van der Waals surface area contributed by atoms with Gasteiger partial charge in [-0.1, -0.05) is 30.3 Å². The van der Waals surface area contributed by atoms with Gasteiger partial charge in [0.2, 0.25) is 5.91 Å². The highest BCUT2D eigenvalue weighted by Gasteiger charge is 2.28. The Hall–Kier alpha value is -1.69. The smallest absolute Gasteiger partial charge is 0.410 e. The third-order valence-electron chi connectivity index (χ3n) is 4.04. The van der Waals surface area contributed by atoms with Gasteiger partial charge in [0.1, 0.15) is 13.2 Å². The zero-order chi connectivity index (χ0) is 15.4. The number of thioether (sulfide) groups is 1. The lowest BCUT2D eigenvalue weighted by atomic mass is 10.1. The van der Waals surface area contributed by atoms with Gasteiger partial charge in [-0.15, -0.1) is 0 Å². The highest BCUT2D eigenvalue weighted by atomic mass is 32.2. The van der Waals surface area contributed by atoms with Crippen molar-refractivity contribution in [2.75, 3.05) is 38.5 Å². The minimum Gasteiger partial charge on any atom is -0.448 e. The fraction of sp³-hybridized carbons (Fsp3) is 0.500. The molecule has 0 saturated carbocycles.